The second-order valence-corrected chi connectivity index (χ2v) is 6.88. The second-order valence-electron chi connectivity index (χ2n) is 6.07. The van der Waals surface area contributed by atoms with Crippen LogP contribution < -0.4 is 5.32 Å². The van der Waals surface area contributed by atoms with Gasteiger partial charge in [0.15, 0.2) is 0 Å². The molecule has 0 bridgehead atoms. The number of halogens is 2. The maximum absolute atomic E-state index is 6.09. The Morgan fingerprint density at radius 2 is 2.10 bits per heavy atom. The van der Waals surface area contributed by atoms with Crippen LogP contribution in [0.15, 0.2) is 18.2 Å². The van der Waals surface area contributed by atoms with Crippen LogP contribution in [0, 0.1) is 5.92 Å². The normalized spacial score (nSPS) is 19.9. The molecule has 1 saturated heterocycles. The first kappa shape index (κ1) is 16.1. The fourth-order valence-electron chi connectivity index (χ4n) is 2.75. The third-order valence-corrected chi connectivity index (χ3v) is 4.54. The quantitative estimate of drug-likeness (QED) is 0.846. The molecule has 0 amide bonds. The van der Waals surface area contributed by atoms with Crippen molar-refractivity contribution in [3.63, 3.8) is 0 Å². The molecular formula is C16H24Cl2N2. The Kier molecular flexibility index (Phi) is 6.16. The van der Waals surface area contributed by atoms with E-state index in [1.165, 1.54) is 24.9 Å². The summed E-state index contributed by atoms with van der Waals surface area (Å²) in [5.74, 6) is 0.708. The molecule has 2 nitrogen and oxygen atoms in total. The maximum Gasteiger partial charge on any atom is 0.0595 e. The van der Waals surface area contributed by atoms with Gasteiger partial charge < -0.3 is 5.32 Å². The molecule has 20 heavy (non-hydrogen) atoms. The molecule has 1 heterocycles. The van der Waals surface area contributed by atoms with Crippen LogP contribution in [0.3, 0.4) is 0 Å². The van der Waals surface area contributed by atoms with E-state index in [1.54, 1.807) is 0 Å². The average molecular weight is 315 g/mol. The lowest BCUT2D eigenvalue weighted by atomic mass is 10.1. The van der Waals surface area contributed by atoms with E-state index in [2.05, 4.69) is 30.1 Å². The maximum atomic E-state index is 6.09. The van der Waals surface area contributed by atoms with E-state index >= 15 is 0 Å². The molecule has 1 atom stereocenters. The Morgan fingerprint density at radius 1 is 1.30 bits per heavy atom. The second kappa shape index (κ2) is 7.65. The van der Waals surface area contributed by atoms with Gasteiger partial charge in [0.1, 0.15) is 0 Å². The van der Waals surface area contributed by atoms with Crippen LogP contribution in [0.4, 0.5) is 0 Å². The van der Waals surface area contributed by atoms with Gasteiger partial charge in [-0.15, -0.1) is 0 Å². The Morgan fingerprint density at radius 3 is 2.80 bits per heavy atom. The highest BCUT2D eigenvalue weighted by Crippen LogP contribution is 2.25. The molecule has 1 aliphatic heterocycles. The molecule has 112 valence electrons. The van der Waals surface area contributed by atoms with Gasteiger partial charge in [0.2, 0.25) is 0 Å². The number of likely N-dealkylation sites (tertiary alicyclic amines) is 1. The number of nitrogens with one attached hydrogen (secondary N) is 1. The van der Waals surface area contributed by atoms with E-state index in [-0.39, 0.29) is 0 Å². The van der Waals surface area contributed by atoms with Gasteiger partial charge in [0, 0.05) is 19.1 Å². The molecule has 1 unspecified atom stereocenters. The third-order valence-electron chi connectivity index (χ3n) is 3.80. The fraction of sp³-hybridized carbons (Fsp3) is 0.625. The minimum absolute atomic E-state index is 0.631. The van der Waals surface area contributed by atoms with E-state index < -0.39 is 0 Å². The average Bonchev–Trinajstić information content (AvgIpc) is 2.81. The summed E-state index contributed by atoms with van der Waals surface area (Å²) in [6, 6.07) is 6.59. The largest absolute Gasteiger partial charge is 0.315 e. The van der Waals surface area contributed by atoms with Crippen molar-refractivity contribution in [1.82, 2.24) is 10.2 Å². The lowest BCUT2D eigenvalue weighted by Crippen LogP contribution is -2.38. The topological polar surface area (TPSA) is 15.3 Å². The van der Waals surface area contributed by atoms with E-state index in [9.17, 15) is 0 Å². The van der Waals surface area contributed by atoms with Crippen LogP contribution in [0.25, 0.3) is 0 Å². The predicted octanol–water partition coefficient (Wildman–Crippen LogP) is 4.20. The van der Waals surface area contributed by atoms with E-state index in [1.807, 2.05) is 12.1 Å². The van der Waals surface area contributed by atoms with Crippen LogP contribution in [0.2, 0.25) is 10.0 Å². The number of benzene rings is 1. The zero-order chi connectivity index (χ0) is 14.5. The van der Waals surface area contributed by atoms with Gasteiger partial charge in [-0.1, -0.05) is 43.1 Å². The van der Waals surface area contributed by atoms with Crippen molar-refractivity contribution in [3.05, 3.63) is 33.8 Å². The SMILES string of the molecule is CC(C)CNCC1CCCN1Cc1ccc(Cl)c(Cl)c1. The minimum Gasteiger partial charge on any atom is -0.315 e. The summed E-state index contributed by atoms with van der Waals surface area (Å²) >= 11 is 12.1. The van der Waals surface area contributed by atoms with Gasteiger partial charge in [-0.2, -0.15) is 0 Å². The van der Waals surface area contributed by atoms with Gasteiger partial charge in [-0.05, 0) is 49.5 Å². The summed E-state index contributed by atoms with van der Waals surface area (Å²) in [5.41, 5.74) is 1.25. The van der Waals surface area contributed by atoms with Crippen molar-refractivity contribution in [2.75, 3.05) is 19.6 Å². The first-order chi connectivity index (χ1) is 9.56. The molecule has 0 aliphatic carbocycles. The zero-order valence-corrected chi connectivity index (χ0v) is 13.8. The molecule has 1 aromatic rings. The first-order valence-corrected chi connectivity index (χ1v) is 8.20. The minimum atomic E-state index is 0.631. The number of hydrogen-bond donors (Lipinski definition) is 1. The summed E-state index contributed by atoms with van der Waals surface area (Å²) in [6.45, 7) is 8.81. The smallest absolute Gasteiger partial charge is 0.0595 e. The first-order valence-electron chi connectivity index (χ1n) is 7.45. The molecule has 2 rings (SSSR count). The van der Waals surface area contributed by atoms with Crippen LogP contribution in [-0.2, 0) is 6.54 Å². The highest BCUT2D eigenvalue weighted by atomic mass is 35.5. The molecule has 0 aromatic heterocycles. The van der Waals surface area contributed by atoms with Crippen molar-refractivity contribution in [3.8, 4) is 0 Å². The molecule has 1 fully saturated rings. The van der Waals surface area contributed by atoms with E-state index in [4.69, 9.17) is 23.2 Å². The number of hydrogen-bond acceptors (Lipinski definition) is 2. The van der Waals surface area contributed by atoms with E-state index in [0.717, 1.165) is 19.6 Å². The van der Waals surface area contributed by atoms with Gasteiger partial charge >= 0.3 is 0 Å². The van der Waals surface area contributed by atoms with Crippen molar-refractivity contribution in [2.45, 2.75) is 39.3 Å². The zero-order valence-electron chi connectivity index (χ0n) is 12.3. The molecule has 0 saturated carbocycles. The van der Waals surface area contributed by atoms with Crippen LogP contribution in [-0.4, -0.2) is 30.6 Å². The van der Waals surface area contributed by atoms with Crippen molar-refractivity contribution in [1.29, 1.82) is 0 Å². The predicted molar refractivity (Wildman–Crippen MR) is 87.6 cm³/mol. The Bertz CT molecular complexity index is 434. The third kappa shape index (κ3) is 4.63. The molecule has 4 heteroatoms. The summed E-state index contributed by atoms with van der Waals surface area (Å²) in [6.07, 6.45) is 2.57. The molecule has 1 aromatic carbocycles. The van der Waals surface area contributed by atoms with Crippen LogP contribution in [0.1, 0.15) is 32.3 Å². The Hall–Kier alpha value is -0.280. The van der Waals surface area contributed by atoms with E-state index in [0.29, 0.717) is 22.0 Å². The van der Waals surface area contributed by atoms with Gasteiger partial charge in [0.05, 0.1) is 10.0 Å². The summed E-state index contributed by atoms with van der Waals surface area (Å²) < 4.78 is 0. The summed E-state index contributed by atoms with van der Waals surface area (Å²) in [7, 11) is 0. The van der Waals surface area contributed by atoms with Crippen LogP contribution in [0.5, 0.6) is 0 Å². The standard InChI is InChI=1S/C16H24Cl2N2/c1-12(2)9-19-10-14-4-3-7-20(14)11-13-5-6-15(17)16(18)8-13/h5-6,8,12,14,19H,3-4,7,9-11H2,1-2H3. The van der Waals surface area contributed by atoms with Crippen molar-refractivity contribution < 1.29 is 0 Å². The molecular weight excluding hydrogens is 291 g/mol. The molecule has 0 radical (unpaired) electrons. The van der Waals surface area contributed by atoms with Gasteiger partial charge in [0.25, 0.3) is 0 Å². The summed E-state index contributed by atoms with van der Waals surface area (Å²) in [5, 5.41) is 4.86. The number of rotatable bonds is 6. The molecule has 1 N–H and O–H groups in total. The van der Waals surface area contributed by atoms with Crippen molar-refractivity contribution >= 4 is 23.2 Å². The Labute approximate surface area is 132 Å². The highest BCUT2D eigenvalue weighted by Gasteiger charge is 2.24. The van der Waals surface area contributed by atoms with Crippen molar-refractivity contribution in [2.24, 2.45) is 5.92 Å². The van der Waals surface area contributed by atoms with Crippen LogP contribution >= 0.6 is 23.2 Å². The summed E-state index contributed by atoms with van der Waals surface area (Å²) in [4.78, 5) is 2.55. The molecule has 1 aliphatic rings. The van der Waals surface area contributed by atoms with Gasteiger partial charge in [-0.3, -0.25) is 4.90 Å². The highest BCUT2D eigenvalue weighted by molar-refractivity contribution is 6.42. The number of nitrogens with zero attached hydrogens (tertiary/aromatic N) is 1. The molecule has 0 spiro atoms. The lowest BCUT2D eigenvalue weighted by molar-refractivity contribution is 0.237. The fourth-order valence-corrected chi connectivity index (χ4v) is 3.07. The van der Waals surface area contributed by atoms with Gasteiger partial charge in [-0.25, -0.2) is 0 Å². The monoisotopic (exact) mass is 314 g/mol. The Balaban J connectivity index is 1.88. The lowest BCUT2D eigenvalue weighted by Gasteiger charge is -2.25.